The highest BCUT2D eigenvalue weighted by atomic mass is 35.5. The normalized spacial score (nSPS) is 15.5. The molecular weight excluding hydrogens is 421 g/mol. The molecule has 0 radical (unpaired) electrons. The molecule has 8 nitrogen and oxygen atoms in total. The van der Waals surface area contributed by atoms with E-state index in [1.807, 2.05) is 20.8 Å². The number of nitrogens with one attached hydrogen (secondary N) is 1. The number of nitrogens with two attached hydrogens (primary N) is 1. The first-order valence-electron chi connectivity index (χ1n) is 10.3. The molecule has 1 fully saturated rings. The quantitative estimate of drug-likeness (QED) is 0.619. The highest BCUT2D eigenvalue weighted by Gasteiger charge is 2.24. The van der Waals surface area contributed by atoms with Crippen molar-refractivity contribution in [2.75, 3.05) is 50.4 Å². The fourth-order valence-corrected chi connectivity index (χ4v) is 3.79. The Morgan fingerprint density at radius 2 is 1.97 bits per heavy atom. The average Bonchev–Trinajstić information content (AvgIpc) is 3.07. The van der Waals surface area contributed by atoms with E-state index < -0.39 is 5.82 Å². The second-order valence-electron chi connectivity index (χ2n) is 8.57. The first-order chi connectivity index (χ1) is 14.7. The molecule has 2 aromatic heterocycles. The summed E-state index contributed by atoms with van der Waals surface area (Å²) in [6.07, 6.45) is 0. The van der Waals surface area contributed by atoms with E-state index in [1.165, 1.54) is 6.07 Å². The van der Waals surface area contributed by atoms with E-state index in [4.69, 9.17) is 27.1 Å². The first-order valence-corrected chi connectivity index (χ1v) is 10.7. The molecule has 0 atom stereocenters. The number of anilines is 2. The SMILES string of the molecule is CC(C)(C)n1nc2nc(NCCN3CCOCC3)nc(-c3ccc(F)c(Cl)c3)c2c1N. The molecule has 1 aliphatic heterocycles. The monoisotopic (exact) mass is 447 g/mol. The number of hydrogen-bond acceptors (Lipinski definition) is 7. The van der Waals surface area contributed by atoms with Crippen LogP contribution in [0, 0.1) is 5.82 Å². The first kappa shape index (κ1) is 21.7. The molecule has 1 saturated heterocycles. The Hall–Kier alpha value is -2.49. The van der Waals surface area contributed by atoms with Crippen LogP contribution < -0.4 is 11.1 Å². The van der Waals surface area contributed by atoms with Gasteiger partial charge < -0.3 is 15.8 Å². The van der Waals surface area contributed by atoms with Crippen molar-refractivity contribution in [3.63, 3.8) is 0 Å². The van der Waals surface area contributed by atoms with Gasteiger partial charge in [0.15, 0.2) is 5.65 Å². The minimum absolute atomic E-state index is 0.0212. The van der Waals surface area contributed by atoms with Gasteiger partial charge in [0.1, 0.15) is 11.6 Å². The number of morpholine rings is 1. The van der Waals surface area contributed by atoms with Crippen LogP contribution in [0.15, 0.2) is 18.2 Å². The highest BCUT2D eigenvalue weighted by molar-refractivity contribution is 6.31. The van der Waals surface area contributed by atoms with E-state index >= 15 is 0 Å². The van der Waals surface area contributed by atoms with E-state index in [0.29, 0.717) is 40.6 Å². The molecule has 1 aliphatic rings. The maximum absolute atomic E-state index is 13.8. The molecule has 0 amide bonds. The van der Waals surface area contributed by atoms with Crippen molar-refractivity contribution in [3.05, 3.63) is 29.0 Å². The van der Waals surface area contributed by atoms with Gasteiger partial charge in [-0.1, -0.05) is 11.6 Å². The summed E-state index contributed by atoms with van der Waals surface area (Å²) in [5.41, 5.74) is 7.80. The molecule has 0 saturated carbocycles. The zero-order chi connectivity index (χ0) is 22.2. The van der Waals surface area contributed by atoms with Crippen LogP contribution in [0.4, 0.5) is 16.2 Å². The summed E-state index contributed by atoms with van der Waals surface area (Å²) >= 11 is 6.04. The zero-order valence-electron chi connectivity index (χ0n) is 18.0. The summed E-state index contributed by atoms with van der Waals surface area (Å²) in [4.78, 5) is 11.6. The molecule has 0 aliphatic carbocycles. The van der Waals surface area contributed by atoms with Crippen LogP contribution in [-0.2, 0) is 10.3 Å². The molecule has 1 aromatic carbocycles. The van der Waals surface area contributed by atoms with Crippen LogP contribution >= 0.6 is 11.6 Å². The predicted octanol–water partition coefficient (Wildman–Crippen LogP) is 3.37. The number of nitrogen functional groups attached to an aromatic ring is 1. The maximum Gasteiger partial charge on any atom is 0.225 e. The predicted molar refractivity (Wildman–Crippen MR) is 121 cm³/mol. The van der Waals surface area contributed by atoms with Gasteiger partial charge in [-0.3, -0.25) is 4.90 Å². The molecule has 31 heavy (non-hydrogen) atoms. The Kier molecular flexibility index (Phi) is 6.00. The lowest BCUT2D eigenvalue weighted by atomic mass is 10.1. The highest BCUT2D eigenvalue weighted by Crippen LogP contribution is 2.35. The van der Waals surface area contributed by atoms with Crippen LogP contribution in [0.3, 0.4) is 0 Å². The number of nitrogens with zero attached hydrogens (tertiary/aromatic N) is 5. The second-order valence-corrected chi connectivity index (χ2v) is 8.98. The van der Waals surface area contributed by atoms with Gasteiger partial charge in [-0.05, 0) is 39.0 Å². The average molecular weight is 448 g/mol. The largest absolute Gasteiger partial charge is 0.383 e. The van der Waals surface area contributed by atoms with E-state index in [-0.39, 0.29) is 10.6 Å². The Labute approximate surface area is 185 Å². The van der Waals surface area contributed by atoms with Crippen molar-refractivity contribution in [1.82, 2.24) is 24.6 Å². The molecule has 0 spiro atoms. The number of hydrogen-bond donors (Lipinski definition) is 2. The molecule has 0 bridgehead atoms. The molecule has 4 rings (SSSR count). The lowest BCUT2D eigenvalue weighted by Crippen LogP contribution is -2.39. The molecule has 0 unspecified atom stereocenters. The molecule has 10 heteroatoms. The van der Waals surface area contributed by atoms with Crippen molar-refractivity contribution < 1.29 is 9.13 Å². The van der Waals surface area contributed by atoms with Crippen molar-refractivity contribution in [1.29, 1.82) is 0 Å². The topological polar surface area (TPSA) is 94.1 Å². The third-order valence-electron chi connectivity index (χ3n) is 5.21. The summed E-state index contributed by atoms with van der Waals surface area (Å²) in [5.74, 6) is 0.408. The van der Waals surface area contributed by atoms with Gasteiger partial charge in [0.2, 0.25) is 5.95 Å². The summed E-state index contributed by atoms with van der Waals surface area (Å²) in [7, 11) is 0. The van der Waals surface area contributed by atoms with Crippen LogP contribution in [-0.4, -0.2) is 64.0 Å². The Balaban J connectivity index is 1.72. The van der Waals surface area contributed by atoms with Crippen LogP contribution in [0.5, 0.6) is 0 Å². The number of ether oxygens (including phenoxy) is 1. The third-order valence-corrected chi connectivity index (χ3v) is 5.50. The summed E-state index contributed by atoms with van der Waals surface area (Å²) in [6.45, 7) is 10.9. The summed E-state index contributed by atoms with van der Waals surface area (Å²) < 4.78 is 20.9. The van der Waals surface area contributed by atoms with E-state index in [1.54, 1.807) is 16.8 Å². The fraction of sp³-hybridized carbons (Fsp3) is 0.476. The Bertz CT molecular complexity index is 1090. The van der Waals surface area contributed by atoms with E-state index in [2.05, 4.69) is 20.3 Å². The smallest absolute Gasteiger partial charge is 0.225 e. The van der Waals surface area contributed by atoms with Gasteiger partial charge in [-0.15, -0.1) is 5.10 Å². The standard InChI is InChI=1S/C21H27ClFN7O/c1-21(2,3)30-18(24)16-17(13-4-5-15(23)14(22)12-13)26-20(27-19(16)28-30)25-6-7-29-8-10-31-11-9-29/h4-5,12H,6-11,24H2,1-3H3,(H,25,27,28). The fourth-order valence-electron chi connectivity index (χ4n) is 3.60. The molecule has 3 aromatic rings. The molecular formula is C21H27ClFN7O. The van der Waals surface area contributed by atoms with Gasteiger partial charge in [0.25, 0.3) is 0 Å². The number of fused-ring (bicyclic) bond motifs is 1. The van der Waals surface area contributed by atoms with E-state index in [0.717, 1.165) is 32.8 Å². The van der Waals surface area contributed by atoms with Gasteiger partial charge in [-0.25, -0.2) is 14.1 Å². The molecule has 3 N–H and O–H groups in total. The zero-order valence-corrected chi connectivity index (χ0v) is 18.7. The maximum atomic E-state index is 13.8. The minimum atomic E-state index is -0.488. The number of halogens is 2. The van der Waals surface area contributed by atoms with Crippen molar-refractivity contribution >= 4 is 34.4 Å². The van der Waals surface area contributed by atoms with Crippen molar-refractivity contribution in [3.8, 4) is 11.3 Å². The van der Waals surface area contributed by atoms with Crippen LogP contribution in [0.1, 0.15) is 20.8 Å². The molecule has 3 heterocycles. The van der Waals surface area contributed by atoms with Crippen molar-refractivity contribution in [2.24, 2.45) is 0 Å². The Morgan fingerprint density at radius 1 is 1.23 bits per heavy atom. The number of rotatable bonds is 5. The summed E-state index contributed by atoms with van der Waals surface area (Å²) in [6, 6.07) is 4.50. The number of benzene rings is 1. The van der Waals surface area contributed by atoms with E-state index in [9.17, 15) is 4.39 Å². The number of aromatic nitrogens is 4. The van der Waals surface area contributed by atoms with Gasteiger partial charge in [0, 0.05) is 31.7 Å². The van der Waals surface area contributed by atoms with Gasteiger partial charge >= 0.3 is 0 Å². The van der Waals surface area contributed by atoms with Gasteiger partial charge in [0.05, 0.1) is 34.9 Å². The second kappa shape index (κ2) is 8.57. The minimum Gasteiger partial charge on any atom is -0.383 e. The van der Waals surface area contributed by atoms with Crippen LogP contribution in [0.2, 0.25) is 5.02 Å². The molecule has 166 valence electrons. The lowest BCUT2D eigenvalue weighted by molar-refractivity contribution is 0.0398. The van der Waals surface area contributed by atoms with Gasteiger partial charge in [-0.2, -0.15) is 4.98 Å². The lowest BCUT2D eigenvalue weighted by Gasteiger charge is -2.26. The Morgan fingerprint density at radius 3 is 2.65 bits per heavy atom. The summed E-state index contributed by atoms with van der Waals surface area (Å²) in [5, 5.41) is 8.56. The van der Waals surface area contributed by atoms with Crippen LogP contribution in [0.25, 0.3) is 22.3 Å². The van der Waals surface area contributed by atoms with Crippen molar-refractivity contribution in [2.45, 2.75) is 26.3 Å². The third kappa shape index (κ3) is 4.58.